The summed E-state index contributed by atoms with van der Waals surface area (Å²) in [6.07, 6.45) is 5.43. The number of hydrogen-bond donors (Lipinski definition) is 2. The summed E-state index contributed by atoms with van der Waals surface area (Å²) in [4.78, 5) is 33.1. The van der Waals surface area contributed by atoms with Crippen molar-refractivity contribution in [3.63, 3.8) is 0 Å². The number of thiophene rings is 1. The minimum Gasteiger partial charge on any atom is -0.362 e. The molecule has 1 aromatic carbocycles. The molecule has 2 atom stereocenters. The molecule has 5 nitrogen and oxygen atoms in total. The molecule has 0 saturated carbocycles. The van der Waals surface area contributed by atoms with Crippen LogP contribution in [0, 0.1) is 0 Å². The van der Waals surface area contributed by atoms with E-state index in [1.165, 1.54) is 14.6 Å². The first kappa shape index (κ1) is 25.5. The number of carbonyl (C=O) groups excluding carboxylic acids is 2. The maximum Gasteiger partial charge on any atom is 0.254 e. The smallest absolute Gasteiger partial charge is 0.254 e. The van der Waals surface area contributed by atoms with E-state index in [1.807, 2.05) is 31.2 Å². The molecule has 5 rings (SSSR count). The fraction of sp³-hybridized carbons (Fsp3) is 0.300. The predicted octanol–water partition coefficient (Wildman–Crippen LogP) is 6.82. The van der Waals surface area contributed by atoms with Crippen molar-refractivity contribution in [2.24, 2.45) is 0 Å². The molecule has 0 saturated heterocycles. The number of pyridine rings is 1. The van der Waals surface area contributed by atoms with Gasteiger partial charge in [-0.15, -0.1) is 23.1 Å². The van der Waals surface area contributed by atoms with Crippen LogP contribution < -0.4 is 10.6 Å². The van der Waals surface area contributed by atoms with E-state index in [9.17, 15) is 9.59 Å². The third-order valence-corrected chi connectivity index (χ3v) is 9.45. The third kappa shape index (κ3) is 5.15. The Labute approximate surface area is 226 Å². The van der Waals surface area contributed by atoms with Crippen molar-refractivity contribution < 1.29 is 9.59 Å². The first-order chi connectivity index (χ1) is 18.0. The van der Waals surface area contributed by atoms with E-state index in [1.54, 1.807) is 41.6 Å². The van der Waals surface area contributed by atoms with Crippen LogP contribution in [0.25, 0.3) is 0 Å². The summed E-state index contributed by atoms with van der Waals surface area (Å²) in [5.74, 6) is 0.560. The summed E-state index contributed by atoms with van der Waals surface area (Å²) >= 11 is 3.57. The van der Waals surface area contributed by atoms with Gasteiger partial charge in [0.05, 0.1) is 16.1 Å². The highest BCUT2D eigenvalue weighted by molar-refractivity contribution is 8.01. The van der Waals surface area contributed by atoms with Gasteiger partial charge in [0.25, 0.3) is 5.91 Å². The molecule has 2 aliphatic rings. The average molecular weight is 530 g/mol. The molecule has 37 heavy (non-hydrogen) atoms. The highest BCUT2D eigenvalue weighted by Gasteiger charge is 2.42. The lowest BCUT2D eigenvalue weighted by atomic mass is 9.72. The zero-order valence-corrected chi connectivity index (χ0v) is 23.0. The number of allylic oxidation sites excluding steroid dienone is 3. The van der Waals surface area contributed by atoms with Crippen molar-refractivity contribution in [3.05, 3.63) is 99.5 Å². The molecule has 2 aromatic heterocycles. The number of nitrogens with one attached hydrogen (secondary N) is 2. The fourth-order valence-corrected chi connectivity index (χ4v) is 7.69. The van der Waals surface area contributed by atoms with Gasteiger partial charge in [-0.05, 0) is 60.8 Å². The molecule has 1 aliphatic carbocycles. The summed E-state index contributed by atoms with van der Waals surface area (Å²) in [6, 6.07) is 16.1. The van der Waals surface area contributed by atoms with Crippen LogP contribution >= 0.6 is 23.1 Å². The number of thioether (sulfide) groups is 1. The van der Waals surface area contributed by atoms with Crippen LogP contribution in [-0.4, -0.2) is 22.4 Å². The first-order valence-corrected chi connectivity index (χ1v) is 14.6. The van der Waals surface area contributed by atoms with Gasteiger partial charge < -0.3 is 10.6 Å². The van der Waals surface area contributed by atoms with Crippen LogP contribution in [0.2, 0.25) is 0 Å². The van der Waals surface area contributed by atoms with Crippen molar-refractivity contribution in [3.8, 4) is 0 Å². The number of amides is 1. The molecule has 1 aliphatic heterocycles. The summed E-state index contributed by atoms with van der Waals surface area (Å²) in [5, 5.41) is 6.52. The van der Waals surface area contributed by atoms with Gasteiger partial charge in [-0.1, -0.05) is 44.2 Å². The summed E-state index contributed by atoms with van der Waals surface area (Å²) < 4.78 is 1.19. The van der Waals surface area contributed by atoms with Crippen molar-refractivity contribution in [2.45, 2.75) is 56.1 Å². The number of Topliss-reactive ketones (excluding diaryl/α,β-unsaturated/α-hetero) is 1. The topological polar surface area (TPSA) is 71.1 Å². The Balaban J connectivity index is 1.61. The van der Waals surface area contributed by atoms with Crippen molar-refractivity contribution >= 4 is 40.5 Å². The van der Waals surface area contributed by atoms with Crippen LogP contribution in [0.5, 0.6) is 0 Å². The Kier molecular flexibility index (Phi) is 7.63. The number of hydrogen-bond acceptors (Lipinski definition) is 6. The molecule has 3 heterocycles. The van der Waals surface area contributed by atoms with Crippen molar-refractivity contribution in [1.29, 1.82) is 0 Å². The van der Waals surface area contributed by atoms with E-state index in [4.69, 9.17) is 0 Å². The van der Waals surface area contributed by atoms with Crippen molar-refractivity contribution in [2.75, 3.05) is 11.1 Å². The number of dihydropyridines is 1. The fourth-order valence-electron chi connectivity index (χ4n) is 5.31. The molecule has 0 spiro atoms. The molecule has 0 radical (unpaired) electrons. The highest BCUT2D eigenvalue weighted by Crippen LogP contribution is 2.49. The summed E-state index contributed by atoms with van der Waals surface area (Å²) in [5.41, 5.74) is 5.97. The van der Waals surface area contributed by atoms with Gasteiger partial charge in [-0.25, -0.2) is 0 Å². The molecular formula is C30H31N3O2S2. The Morgan fingerprint density at radius 3 is 2.68 bits per heavy atom. The maximum atomic E-state index is 13.9. The number of nitrogens with zero attached hydrogens (tertiary/aromatic N) is 1. The molecule has 2 N–H and O–H groups in total. The van der Waals surface area contributed by atoms with Gasteiger partial charge in [0.1, 0.15) is 0 Å². The second kappa shape index (κ2) is 11.1. The van der Waals surface area contributed by atoms with Gasteiger partial charge >= 0.3 is 0 Å². The lowest BCUT2D eigenvalue weighted by Crippen LogP contribution is -2.37. The lowest BCUT2D eigenvalue weighted by molar-refractivity contribution is -0.116. The number of aryl methyl sites for hydroxylation is 1. The van der Waals surface area contributed by atoms with Gasteiger partial charge in [-0.2, -0.15) is 0 Å². The molecule has 190 valence electrons. The first-order valence-electron chi connectivity index (χ1n) is 12.8. The average Bonchev–Trinajstić information content (AvgIpc) is 3.31. The normalized spacial score (nSPS) is 19.5. The van der Waals surface area contributed by atoms with Crippen LogP contribution in [0.15, 0.2) is 87.7 Å². The van der Waals surface area contributed by atoms with E-state index < -0.39 is 5.92 Å². The minimum absolute atomic E-state index is 0.114. The number of ketones is 1. The van der Waals surface area contributed by atoms with E-state index in [0.29, 0.717) is 17.7 Å². The zero-order chi connectivity index (χ0) is 25.9. The number of aromatic nitrogens is 1. The van der Waals surface area contributed by atoms with Crippen LogP contribution in [0.3, 0.4) is 0 Å². The molecule has 7 heteroatoms. The molecule has 0 bridgehead atoms. The molecule has 0 unspecified atom stereocenters. The summed E-state index contributed by atoms with van der Waals surface area (Å²) in [6.45, 7) is 6.24. The Hall–Kier alpha value is -3.16. The van der Waals surface area contributed by atoms with Crippen molar-refractivity contribution in [1.82, 2.24) is 10.3 Å². The van der Waals surface area contributed by atoms with Crippen LogP contribution in [-0.2, 0) is 16.0 Å². The number of rotatable bonds is 7. The Morgan fingerprint density at radius 2 is 1.97 bits per heavy atom. The Morgan fingerprint density at radius 1 is 1.16 bits per heavy atom. The number of carbonyl (C=O) groups is 2. The SMILES string of the molecule is CCSc1sc(CC)cc1[C@@H]1C(C(=O)Nc2cccnc2)=C(C)NC2=C1C(=O)C[C@H](c1ccccc1)C2. The lowest BCUT2D eigenvalue weighted by Gasteiger charge is -2.37. The third-order valence-electron chi connectivity index (χ3n) is 6.97. The van der Waals surface area contributed by atoms with E-state index in [-0.39, 0.29) is 17.6 Å². The van der Waals surface area contributed by atoms with Gasteiger partial charge in [-0.3, -0.25) is 14.6 Å². The number of anilines is 1. The highest BCUT2D eigenvalue weighted by atomic mass is 32.2. The molecular weight excluding hydrogens is 498 g/mol. The predicted molar refractivity (Wildman–Crippen MR) is 152 cm³/mol. The van der Waals surface area contributed by atoms with Crippen LogP contribution in [0.4, 0.5) is 5.69 Å². The van der Waals surface area contributed by atoms with E-state index >= 15 is 0 Å². The van der Waals surface area contributed by atoms with E-state index in [2.05, 4.69) is 47.7 Å². The second-order valence-electron chi connectivity index (χ2n) is 9.37. The Bertz CT molecular complexity index is 1380. The monoisotopic (exact) mass is 529 g/mol. The number of benzene rings is 1. The van der Waals surface area contributed by atoms with Gasteiger partial charge in [0.15, 0.2) is 5.78 Å². The summed E-state index contributed by atoms with van der Waals surface area (Å²) in [7, 11) is 0. The molecule has 0 fully saturated rings. The molecule has 3 aromatic rings. The van der Waals surface area contributed by atoms with Crippen LogP contribution in [0.1, 0.15) is 61.5 Å². The minimum atomic E-state index is -0.400. The second-order valence-corrected chi connectivity index (χ2v) is 12.0. The van der Waals surface area contributed by atoms with Gasteiger partial charge in [0.2, 0.25) is 0 Å². The quantitative estimate of drug-likeness (QED) is 0.329. The largest absolute Gasteiger partial charge is 0.362 e. The van der Waals surface area contributed by atoms with Gasteiger partial charge in [0, 0.05) is 46.0 Å². The standard InChI is InChI=1S/C30H31N3O2S2/c1-4-22-16-23(30(37-22)36-5-2)27-26(29(35)33-21-12-9-13-31-17-21)18(3)32-24-14-20(15-25(34)28(24)27)19-10-7-6-8-11-19/h6-13,16-17,20,27,32H,4-5,14-15H2,1-3H3,(H,33,35)/t20-,27-/m1/s1. The molecule has 1 amide bonds. The van der Waals surface area contributed by atoms with E-state index in [0.717, 1.165) is 41.1 Å². The maximum absolute atomic E-state index is 13.9. The zero-order valence-electron chi connectivity index (χ0n) is 21.3.